The monoisotopic (exact) mass is 180 g/mol. The summed E-state index contributed by atoms with van der Waals surface area (Å²) in [6.45, 7) is 5.72. The van der Waals surface area contributed by atoms with Crippen LogP contribution >= 0.6 is 0 Å². The highest BCUT2D eigenvalue weighted by Gasteiger charge is 2.23. The molecule has 0 aromatic rings. The van der Waals surface area contributed by atoms with Crippen molar-refractivity contribution >= 4 is 0 Å². The van der Waals surface area contributed by atoms with Crippen molar-refractivity contribution in [2.24, 2.45) is 0 Å². The molecule has 1 aliphatic heterocycles. The van der Waals surface area contributed by atoms with Crippen LogP contribution in [-0.4, -0.2) is 23.5 Å². The fraction of sp³-hybridized carbons (Fsp3) is 0.909. The molecule has 0 aliphatic carbocycles. The molecule has 0 amide bonds. The first-order chi connectivity index (χ1) is 6.25. The fourth-order valence-corrected chi connectivity index (χ4v) is 2.26. The Bertz CT molecular complexity index is 173. The van der Waals surface area contributed by atoms with Crippen LogP contribution in [0.2, 0.25) is 0 Å². The first-order valence-corrected chi connectivity index (χ1v) is 5.38. The van der Waals surface area contributed by atoms with E-state index in [2.05, 4.69) is 24.8 Å². The van der Waals surface area contributed by atoms with Crippen LogP contribution in [-0.2, 0) is 0 Å². The highest BCUT2D eigenvalue weighted by Crippen LogP contribution is 2.22. The van der Waals surface area contributed by atoms with Gasteiger partial charge >= 0.3 is 0 Å². The van der Waals surface area contributed by atoms with Crippen molar-refractivity contribution in [3.63, 3.8) is 0 Å². The lowest BCUT2D eigenvalue weighted by Crippen LogP contribution is -2.44. The predicted molar refractivity (Wildman–Crippen MR) is 54.3 cm³/mol. The van der Waals surface area contributed by atoms with Gasteiger partial charge in [0.05, 0.1) is 6.07 Å². The zero-order chi connectivity index (χ0) is 9.68. The summed E-state index contributed by atoms with van der Waals surface area (Å²) in [5.74, 6) is 0. The molecule has 0 N–H and O–H groups in total. The lowest BCUT2D eigenvalue weighted by molar-refractivity contribution is 0.103. The molecule has 1 aliphatic rings. The van der Waals surface area contributed by atoms with Crippen molar-refractivity contribution in [3.8, 4) is 6.07 Å². The van der Waals surface area contributed by atoms with Crippen LogP contribution in [0.1, 0.15) is 46.0 Å². The molecule has 0 bridgehead atoms. The molecule has 0 unspecified atom stereocenters. The van der Waals surface area contributed by atoms with Crippen LogP contribution in [0.3, 0.4) is 0 Å². The number of rotatable bonds is 3. The summed E-state index contributed by atoms with van der Waals surface area (Å²) < 4.78 is 0. The normalized spacial score (nSPS) is 29.9. The minimum atomic E-state index is 0.704. The van der Waals surface area contributed by atoms with Crippen molar-refractivity contribution in [2.75, 3.05) is 6.54 Å². The van der Waals surface area contributed by atoms with Crippen LogP contribution in [0.25, 0.3) is 0 Å². The summed E-state index contributed by atoms with van der Waals surface area (Å²) in [4.78, 5) is 2.56. The molecule has 0 radical (unpaired) electrons. The Morgan fingerprint density at radius 1 is 1.31 bits per heavy atom. The van der Waals surface area contributed by atoms with E-state index < -0.39 is 0 Å². The SMILES string of the molecule is C[C@@H]1CCC[C@H](C)N1CCCC#N. The molecule has 1 rings (SSSR count). The molecule has 1 saturated heterocycles. The third-order valence-electron chi connectivity index (χ3n) is 3.08. The van der Waals surface area contributed by atoms with Gasteiger partial charge in [0.2, 0.25) is 0 Å². The van der Waals surface area contributed by atoms with Crippen molar-refractivity contribution in [1.82, 2.24) is 4.90 Å². The molecule has 2 nitrogen and oxygen atoms in total. The quantitative estimate of drug-likeness (QED) is 0.624. The predicted octanol–water partition coefficient (Wildman–Crippen LogP) is 2.55. The summed E-state index contributed by atoms with van der Waals surface area (Å²) in [6, 6.07) is 3.66. The van der Waals surface area contributed by atoms with Gasteiger partial charge in [-0.25, -0.2) is 0 Å². The number of piperidine rings is 1. The van der Waals surface area contributed by atoms with Crippen molar-refractivity contribution in [2.45, 2.75) is 58.0 Å². The Labute approximate surface area is 81.5 Å². The molecule has 74 valence electrons. The molecule has 2 heteroatoms. The van der Waals surface area contributed by atoms with Gasteiger partial charge in [-0.1, -0.05) is 6.42 Å². The standard InChI is InChI=1S/C11H20N2/c1-10-6-5-7-11(2)13(10)9-4-3-8-12/h10-11H,3-7,9H2,1-2H3/t10-,11+. The summed E-state index contributed by atoms with van der Waals surface area (Å²) in [5.41, 5.74) is 0. The molecular formula is C11H20N2. The molecule has 0 aromatic heterocycles. The van der Waals surface area contributed by atoms with E-state index in [0.717, 1.165) is 25.0 Å². The van der Waals surface area contributed by atoms with Crippen molar-refractivity contribution in [1.29, 1.82) is 5.26 Å². The lowest BCUT2D eigenvalue weighted by atomic mass is 9.97. The number of nitriles is 1. The van der Waals surface area contributed by atoms with E-state index in [1.807, 2.05) is 0 Å². The summed E-state index contributed by atoms with van der Waals surface area (Å²) in [7, 11) is 0. The Morgan fingerprint density at radius 3 is 2.46 bits per heavy atom. The van der Waals surface area contributed by atoms with E-state index >= 15 is 0 Å². The highest BCUT2D eigenvalue weighted by atomic mass is 15.2. The van der Waals surface area contributed by atoms with E-state index in [1.165, 1.54) is 19.3 Å². The molecule has 2 atom stereocenters. The molecule has 1 heterocycles. The van der Waals surface area contributed by atoms with Crippen molar-refractivity contribution < 1.29 is 0 Å². The second kappa shape index (κ2) is 5.24. The van der Waals surface area contributed by atoms with Crippen LogP contribution in [0.15, 0.2) is 0 Å². The molecule has 1 fully saturated rings. The third kappa shape index (κ3) is 3.00. The summed E-state index contributed by atoms with van der Waals surface area (Å²) in [5, 5.41) is 8.46. The van der Waals surface area contributed by atoms with Crippen molar-refractivity contribution in [3.05, 3.63) is 0 Å². The number of unbranched alkanes of at least 4 members (excludes halogenated alkanes) is 1. The minimum absolute atomic E-state index is 0.704. The topological polar surface area (TPSA) is 27.0 Å². The van der Waals surface area contributed by atoms with Crippen LogP contribution in [0, 0.1) is 11.3 Å². The molecule has 13 heavy (non-hydrogen) atoms. The van der Waals surface area contributed by atoms with Gasteiger partial charge in [0.1, 0.15) is 0 Å². The Hall–Kier alpha value is -0.550. The van der Waals surface area contributed by atoms with Gasteiger partial charge in [-0.2, -0.15) is 5.26 Å². The summed E-state index contributed by atoms with van der Waals surface area (Å²) >= 11 is 0. The van der Waals surface area contributed by atoms with Gasteiger partial charge in [-0.05, 0) is 39.7 Å². The maximum atomic E-state index is 8.46. The highest BCUT2D eigenvalue weighted by molar-refractivity contribution is 4.80. The molecule has 0 saturated carbocycles. The Morgan fingerprint density at radius 2 is 1.92 bits per heavy atom. The fourth-order valence-electron chi connectivity index (χ4n) is 2.26. The van der Waals surface area contributed by atoms with Crippen LogP contribution in [0.4, 0.5) is 0 Å². The van der Waals surface area contributed by atoms with Gasteiger partial charge in [-0.3, -0.25) is 4.90 Å². The second-order valence-corrected chi connectivity index (χ2v) is 4.13. The maximum absolute atomic E-state index is 8.46. The number of hydrogen-bond donors (Lipinski definition) is 0. The molecule has 0 spiro atoms. The average Bonchev–Trinajstić information content (AvgIpc) is 2.10. The van der Waals surface area contributed by atoms with E-state index in [-0.39, 0.29) is 0 Å². The number of likely N-dealkylation sites (tertiary alicyclic amines) is 1. The van der Waals surface area contributed by atoms with Gasteiger partial charge in [0.25, 0.3) is 0 Å². The first kappa shape index (κ1) is 10.5. The van der Waals surface area contributed by atoms with Gasteiger partial charge < -0.3 is 0 Å². The van der Waals surface area contributed by atoms with Crippen LogP contribution < -0.4 is 0 Å². The number of hydrogen-bond acceptors (Lipinski definition) is 2. The zero-order valence-corrected chi connectivity index (χ0v) is 8.79. The lowest BCUT2D eigenvalue weighted by Gasteiger charge is -2.38. The Kier molecular flexibility index (Phi) is 4.24. The molecule has 0 aromatic carbocycles. The van der Waals surface area contributed by atoms with Gasteiger partial charge in [0.15, 0.2) is 0 Å². The molecular weight excluding hydrogens is 160 g/mol. The minimum Gasteiger partial charge on any atom is -0.298 e. The van der Waals surface area contributed by atoms with Gasteiger partial charge in [0, 0.05) is 18.5 Å². The summed E-state index contributed by atoms with van der Waals surface area (Å²) in [6.07, 6.45) is 5.77. The van der Waals surface area contributed by atoms with E-state index in [9.17, 15) is 0 Å². The Balaban J connectivity index is 2.31. The van der Waals surface area contributed by atoms with Gasteiger partial charge in [-0.15, -0.1) is 0 Å². The smallest absolute Gasteiger partial charge is 0.0622 e. The van der Waals surface area contributed by atoms with E-state index in [1.54, 1.807) is 0 Å². The van der Waals surface area contributed by atoms with Crippen LogP contribution in [0.5, 0.6) is 0 Å². The second-order valence-electron chi connectivity index (χ2n) is 4.13. The van der Waals surface area contributed by atoms with E-state index in [4.69, 9.17) is 5.26 Å². The number of nitrogens with zero attached hydrogens (tertiary/aromatic N) is 2. The third-order valence-corrected chi connectivity index (χ3v) is 3.08. The zero-order valence-electron chi connectivity index (χ0n) is 8.79. The first-order valence-electron chi connectivity index (χ1n) is 5.38. The van der Waals surface area contributed by atoms with E-state index in [0.29, 0.717) is 6.42 Å². The maximum Gasteiger partial charge on any atom is 0.0622 e. The largest absolute Gasteiger partial charge is 0.298 e. The average molecular weight is 180 g/mol.